The Labute approximate surface area is 166 Å². The second-order valence-corrected chi connectivity index (χ2v) is 6.75. The van der Waals surface area contributed by atoms with E-state index < -0.39 is 10.8 Å². The van der Waals surface area contributed by atoms with Crippen molar-refractivity contribution in [2.45, 2.75) is 13.5 Å². The maximum absolute atomic E-state index is 12.5. The Hall–Kier alpha value is -4.00. The number of nitrogens with one attached hydrogen (secondary N) is 1. The van der Waals surface area contributed by atoms with E-state index in [1.54, 1.807) is 36.0 Å². The molecule has 1 N–H and O–H groups in total. The van der Waals surface area contributed by atoms with E-state index in [9.17, 15) is 14.9 Å². The molecule has 0 spiro atoms. The Balaban J connectivity index is 1.52. The molecule has 0 unspecified atom stereocenters. The highest BCUT2D eigenvalue weighted by Crippen LogP contribution is 2.21. The highest BCUT2D eigenvalue weighted by atomic mass is 16.6. The number of nitro benzene ring substituents is 1. The second kappa shape index (κ2) is 7.55. The van der Waals surface area contributed by atoms with E-state index in [0.29, 0.717) is 17.9 Å². The summed E-state index contributed by atoms with van der Waals surface area (Å²) in [6, 6.07) is 20.4. The molecule has 0 radical (unpaired) electrons. The molecule has 4 aromatic rings. The third-order valence-electron chi connectivity index (χ3n) is 4.76. The third-order valence-corrected chi connectivity index (χ3v) is 4.76. The fourth-order valence-corrected chi connectivity index (χ4v) is 3.26. The average molecular weight is 386 g/mol. The molecule has 0 fully saturated rings. The van der Waals surface area contributed by atoms with Crippen molar-refractivity contribution >= 4 is 28.2 Å². The number of nitro groups is 1. The predicted octanol–water partition coefficient (Wildman–Crippen LogP) is 4.55. The van der Waals surface area contributed by atoms with Gasteiger partial charge in [-0.05, 0) is 29.3 Å². The van der Waals surface area contributed by atoms with Crippen LogP contribution in [-0.4, -0.2) is 20.6 Å². The third kappa shape index (κ3) is 3.84. The largest absolute Gasteiger partial charge is 0.305 e. The minimum absolute atomic E-state index is 0.0841. The molecule has 0 aliphatic carbocycles. The topological polar surface area (TPSA) is 90.1 Å². The molecule has 1 heterocycles. The highest BCUT2D eigenvalue weighted by Gasteiger charge is 2.16. The van der Waals surface area contributed by atoms with E-state index in [4.69, 9.17) is 0 Å². The van der Waals surface area contributed by atoms with Crippen LogP contribution in [0.15, 0.2) is 72.9 Å². The van der Waals surface area contributed by atoms with Crippen molar-refractivity contribution in [2.75, 3.05) is 5.32 Å². The number of carbonyl (C=O) groups is 1. The van der Waals surface area contributed by atoms with Gasteiger partial charge in [0.2, 0.25) is 0 Å². The van der Waals surface area contributed by atoms with Crippen molar-refractivity contribution < 1.29 is 9.72 Å². The number of aromatic nitrogens is 2. The van der Waals surface area contributed by atoms with Gasteiger partial charge in [-0.3, -0.25) is 19.6 Å². The molecule has 1 aromatic heterocycles. The summed E-state index contributed by atoms with van der Waals surface area (Å²) in [4.78, 5) is 23.0. The number of hydrogen-bond acceptors (Lipinski definition) is 4. The van der Waals surface area contributed by atoms with Crippen LogP contribution in [0.1, 0.15) is 21.5 Å². The van der Waals surface area contributed by atoms with Crippen LogP contribution >= 0.6 is 0 Å². The first kappa shape index (κ1) is 18.4. The van der Waals surface area contributed by atoms with Gasteiger partial charge in [-0.15, -0.1) is 0 Å². The van der Waals surface area contributed by atoms with Gasteiger partial charge in [0.25, 0.3) is 11.6 Å². The summed E-state index contributed by atoms with van der Waals surface area (Å²) in [5.74, 6) is -0.0537. The second-order valence-electron chi connectivity index (χ2n) is 6.75. The standard InChI is InChI=1S/C22H18N4O3/c1-15-9-10-17(13-20(15)26(28)29)22(27)23-21-11-12-25(24-21)14-18-7-4-6-16-5-2-3-8-19(16)18/h2-13H,14H2,1H3,(H,23,24,27). The zero-order chi connectivity index (χ0) is 20.4. The predicted molar refractivity (Wildman–Crippen MR) is 111 cm³/mol. The summed E-state index contributed by atoms with van der Waals surface area (Å²) in [6.45, 7) is 2.20. The van der Waals surface area contributed by atoms with E-state index in [2.05, 4.69) is 28.6 Å². The molecule has 0 atom stereocenters. The number of carbonyl (C=O) groups excluding carboxylic acids is 1. The highest BCUT2D eigenvalue weighted by molar-refractivity contribution is 6.04. The first-order valence-electron chi connectivity index (χ1n) is 9.08. The van der Waals surface area contributed by atoms with Crippen molar-refractivity contribution in [1.29, 1.82) is 0 Å². The van der Waals surface area contributed by atoms with Crippen molar-refractivity contribution in [3.8, 4) is 0 Å². The lowest BCUT2D eigenvalue weighted by Gasteiger charge is -2.07. The zero-order valence-electron chi connectivity index (χ0n) is 15.7. The molecule has 0 saturated carbocycles. The number of aryl methyl sites for hydroxylation is 1. The van der Waals surface area contributed by atoms with Gasteiger partial charge in [0, 0.05) is 29.5 Å². The van der Waals surface area contributed by atoms with E-state index in [-0.39, 0.29) is 11.3 Å². The number of amides is 1. The van der Waals surface area contributed by atoms with Crippen LogP contribution in [0.25, 0.3) is 10.8 Å². The van der Waals surface area contributed by atoms with E-state index in [1.807, 2.05) is 24.3 Å². The van der Waals surface area contributed by atoms with Gasteiger partial charge in [0.05, 0.1) is 11.5 Å². The molecule has 0 bridgehead atoms. The molecule has 7 heteroatoms. The Morgan fingerprint density at radius 1 is 1.10 bits per heavy atom. The summed E-state index contributed by atoms with van der Waals surface area (Å²) in [7, 11) is 0. The molecule has 144 valence electrons. The Kier molecular flexibility index (Phi) is 4.78. The van der Waals surface area contributed by atoms with Crippen LogP contribution in [0, 0.1) is 17.0 Å². The Morgan fingerprint density at radius 3 is 2.72 bits per heavy atom. The number of anilines is 1. The minimum Gasteiger partial charge on any atom is -0.305 e. The fourth-order valence-electron chi connectivity index (χ4n) is 3.26. The van der Waals surface area contributed by atoms with E-state index in [1.165, 1.54) is 6.07 Å². The monoisotopic (exact) mass is 386 g/mol. The number of nitrogens with zero attached hydrogens (tertiary/aromatic N) is 3. The molecule has 1 amide bonds. The van der Waals surface area contributed by atoms with E-state index in [0.717, 1.165) is 16.3 Å². The van der Waals surface area contributed by atoms with Gasteiger partial charge >= 0.3 is 0 Å². The summed E-state index contributed by atoms with van der Waals surface area (Å²) >= 11 is 0. The normalized spacial score (nSPS) is 10.8. The van der Waals surface area contributed by atoms with Crippen molar-refractivity contribution in [2.24, 2.45) is 0 Å². The summed E-state index contributed by atoms with van der Waals surface area (Å²) in [6.07, 6.45) is 1.79. The molecule has 0 saturated heterocycles. The average Bonchev–Trinajstić information content (AvgIpc) is 3.15. The number of rotatable bonds is 5. The number of benzene rings is 3. The number of fused-ring (bicyclic) bond motifs is 1. The van der Waals surface area contributed by atoms with E-state index >= 15 is 0 Å². The van der Waals surface area contributed by atoms with Crippen LogP contribution < -0.4 is 5.32 Å². The van der Waals surface area contributed by atoms with Crippen molar-refractivity contribution in [1.82, 2.24) is 9.78 Å². The van der Waals surface area contributed by atoms with Crippen molar-refractivity contribution in [3.05, 3.63) is 99.7 Å². The Bertz CT molecular complexity index is 1220. The van der Waals surface area contributed by atoms with Crippen LogP contribution in [0.4, 0.5) is 11.5 Å². The molecule has 7 nitrogen and oxygen atoms in total. The zero-order valence-corrected chi connectivity index (χ0v) is 15.7. The molecular weight excluding hydrogens is 368 g/mol. The molecule has 0 aliphatic rings. The quantitative estimate of drug-likeness (QED) is 0.402. The lowest BCUT2D eigenvalue weighted by atomic mass is 10.0. The van der Waals surface area contributed by atoms with Gasteiger partial charge in [-0.1, -0.05) is 48.5 Å². The summed E-state index contributed by atoms with van der Waals surface area (Å²) < 4.78 is 1.75. The maximum Gasteiger partial charge on any atom is 0.273 e. The lowest BCUT2D eigenvalue weighted by Crippen LogP contribution is -2.13. The smallest absolute Gasteiger partial charge is 0.273 e. The van der Waals surface area contributed by atoms with Gasteiger partial charge in [0.1, 0.15) is 0 Å². The molecule has 29 heavy (non-hydrogen) atoms. The molecule has 3 aromatic carbocycles. The van der Waals surface area contributed by atoms with Crippen LogP contribution in [0.2, 0.25) is 0 Å². The Morgan fingerprint density at radius 2 is 1.90 bits per heavy atom. The summed E-state index contributed by atoms with van der Waals surface area (Å²) in [5, 5.41) is 20.5. The van der Waals surface area contributed by atoms with Crippen molar-refractivity contribution in [3.63, 3.8) is 0 Å². The maximum atomic E-state index is 12.5. The van der Waals surface area contributed by atoms with Gasteiger partial charge in [-0.2, -0.15) is 5.10 Å². The lowest BCUT2D eigenvalue weighted by molar-refractivity contribution is -0.385. The summed E-state index contributed by atoms with van der Waals surface area (Å²) in [5.41, 5.74) is 1.76. The number of hydrogen-bond donors (Lipinski definition) is 1. The molecule has 0 aliphatic heterocycles. The SMILES string of the molecule is Cc1ccc(C(=O)Nc2ccn(Cc3cccc4ccccc34)n2)cc1[N+](=O)[O-]. The first-order chi connectivity index (χ1) is 14.0. The minimum atomic E-state index is -0.495. The van der Waals surface area contributed by atoms with Crippen LogP contribution in [-0.2, 0) is 6.54 Å². The van der Waals surface area contributed by atoms with Crippen LogP contribution in [0.5, 0.6) is 0 Å². The fraction of sp³-hybridized carbons (Fsp3) is 0.0909. The molecule has 4 rings (SSSR count). The van der Waals surface area contributed by atoms with Gasteiger partial charge in [-0.25, -0.2) is 0 Å². The molecular formula is C22H18N4O3. The first-order valence-corrected chi connectivity index (χ1v) is 9.08. The van der Waals surface area contributed by atoms with Crippen LogP contribution in [0.3, 0.4) is 0 Å². The van der Waals surface area contributed by atoms with Gasteiger partial charge in [0.15, 0.2) is 5.82 Å². The van der Waals surface area contributed by atoms with Gasteiger partial charge < -0.3 is 5.32 Å².